The van der Waals surface area contributed by atoms with E-state index in [2.05, 4.69) is 0 Å². The molecule has 17 heavy (non-hydrogen) atoms. The Bertz CT molecular complexity index is 419. The molecular weight excluding hydrogens is 218 g/mol. The highest BCUT2D eigenvalue weighted by molar-refractivity contribution is 5.96. The van der Waals surface area contributed by atoms with Crippen molar-refractivity contribution in [2.24, 2.45) is 5.92 Å². The topological polar surface area (TPSA) is 60.8 Å². The lowest BCUT2D eigenvalue weighted by atomic mass is 9.95. The Kier molecular flexibility index (Phi) is 3.33. The molecule has 1 fully saturated rings. The highest BCUT2D eigenvalue weighted by Gasteiger charge is 2.28. The number of para-hydroxylation sites is 1. The molecule has 1 aromatic carbocycles. The Labute approximate surface area is 100 Å². The van der Waals surface area contributed by atoms with Crippen molar-refractivity contribution >= 4 is 5.91 Å². The number of likely N-dealkylation sites (tertiary alicyclic amines) is 1. The van der Waals surface area contributed by atoms with Crippen LogP contribution >= 0.6 is 0 Å². The van der Waals surface area contributed by atoms with Crippen LogP contribution in [0.1, 0.15) is 23.7 Å². The Morgan fingerprint density at radius 1 is 1.41 bits per heavy atom. The minimum atomic E-state index is -0.474. The second kappa shape index (κ2) is 4.75. The monoisotopic (exact) mass is 235 g/mol. The third-order valence-corrected chi connectivity index (χ3v) is 3.34. The predicted octanol–water partition coefficient (Wildman–Crippen LogP) is 1.24. The summed E-state index contributed by atoms with van der Waals surface area (Å²) in [7, 11) is 0. The molecule has 0 aromatic heterocycles. The number of β-amino-alcohol motifs (C(OH)–C–C–N with tert-alkyl or cyclic N) is 1. The van der Waals surface area contributed by atoms with Crippen LogP contribution in [0.15, 0.2) is 24.3 Å². The third-order valence-electron chi connectivity index (χ3n) is 3.34. The first-order chi connectivity index (χ1) is 8.09. The number of phenolic OH excluding ortho intramolecular Hbond substituents is 1. The molecule has 1 aliphatic rings. The number of aliphatic hydroxyl groups is 1. The Hall–Kier alpha value is -1.55. The molecule has 2 N–H and O–H groups in total. The molecule has 1 aliphatic heterocycles. The van der Waals surface area contributed by atoms with E-state index in [4.69, 9.17) is 0 Å². The zero-order valence-corrected chi connectivity index (χ0v) is 9.84. The molecule has 4 heteroatoms. The van der Waals surface area contributed by atoms with Crippen molar-refractivity contribution in [2.45, 2.75) is 19.4 Å². The molecular formula is C13H17NO3. The standard InChI is InChI=1S/C13H17NO3/c1-9-6-7-14(8-12(9)16)13(17)10-4-2-3-5-11(10)15/h2-5,9,12,15-16H,6-8H2,1H3. The van der Waals surface area contributed by atoms with Crippen LogP contribution in [0, 0.1) is 5.92 Å². The fourth-order valence-corrected chi connectivity index (χ4v) is 2.06. The number of piperidine rings is 1. The minimum Gasteiger partial charge on any atom is -0.507 e. The van der Waals surface area contributed by atoms with E-state index in [9.17, 15) is 15.0 Å². The number of phenols is 1. The van der Waals surface area contributed by atoms with Crippen LogP contribution in [0.4, 0.5) is 0 Å². The van der Waals surface area contributed by atoms with Crippen LogP contribution in [0.5, 0.6) is 5.75 Å². The van der Waals surface area contributed by atoms with Gasteiger partial charge in [-0.2, -0.15) is 0 Å². The van der Waals surface area contributed by atoms with Gasteiger partial charge in [0.25, 0.3) is 5.91 Å². The summed E-state index contributed by atoms with van der Waals surface area (Å²) in [5, 5.41) is 19.4. The molecule has 2 unspecified atom stereocenters. The second-order valence-electron chi connectivity index (χ2n) is 4.60. The summed E-state index contributed by atoms with van der Waals surface area (Å²) in [6.45, 7) is 2.95. The average Bonchev–Trinajstić information content (AvgIpc) is 2.32. The summed E-state index contributed by atoms with van der Waals surface area (Å²) >= 11 is 0. The molecule has 0 spiro atoms. The fourth-order valence-electron chi connectivity index (χ4n) is 2.06. The number of hydrogen-bond acceptors (Lipinski definition) is 3. The van der Waals surface area contributed by atoms with E-state index in [1.54, 1.807) is 23.1 Å². The van der Waals surface area contributed by atoms with Gasteiger partial charge in [0.1, 0.15) is 5.75 Å². The molecule has 0 radical (unpaired) electrons. The van der Waals surface area contributed by atoms with Crippen molar-refractivity contribution in [3.8, 4) is 5.75 Å². The number of carbonyl (C=O) groups excluding carboxylic acids is 1. The van der Waals surface area contributed by atoms with E-state index in [0.717, 1.165) is 6.42 Å². The summed E-state index contributed by atoms with van der Waals surface area (Å²) in [6.07, 6.45) is 0.319. The highest BCUT2D eigenvalue weighted by Crippen LogP contribution is 2.22. The number of nitrogens with zero attached hydrogens (tertiary/aromatic N) is 1. The number of benzene rings is 1. The SMILES string of the molecule is CC1CCN(C(=O)c2ccccc2O)CC1O. The van der Waals surface area contributed by atoms with Crippen molar-refractivity contribution in [1.82, 2.24) is 4.90 Å². The van der Waals surface area contributed by atoms with Gasteiger partial charge in [-0.15, -0.1) is 0 Å². The molecule has 2 rings (SSSR count). The zero-order chi connectivity index (χ0) is 12.4. The maximum absolute atomic E-state index is 12.1. The van der Waals surface area contributed by atoms with Crippen molar-refractivity contribution in [1.29, 1.82) is 0 Å². The molecule has 92 valence electrons. The Morgan fingerprint density at radius 3 is 2.76 bits per heavy atom. The first-order valence-corrected chi connectivity index (χ1v) is 5.85. The predicted molar refractivity (Wildman–Crippen MR) is 63.8 cm³/mol. The van der Waals surface area contributed by atoms with Gasteiger partial charge in [-0.05, 0) is 24.5 Å². The molecule has 1 aromatic rings. The first-order valence-electron chi connectivity index (χ1n) is 5.85. The first kappa shape index (κ1) is 11.9. The van der Waals surface area contributed by atoms with Crippen LogP contribution < -0.4 is 0 Å². The summed E-state index contributed by atoms with van der Waals surface area (Å²) in [6, 6.07) is 6.49. The third kappa shape index (κ3) is 2.42. The van der Waals surface area contributed by atoms with E-state index in [1.165, 1.54) is 6.07 Å². The van der Waals surface area contributed by atoms with Crippen LogP contribution in [-0.4, -0.2) is 40.2 Å². The Balaban J connectivity index is 2.14. The lowest BCUT2D eigenvalue weighted by Crippen LogP contribution is -2.45. The number of rotatable bonds is 1. The molecule has 2 atom stereocenters. The zero-order valence-electron chi connectivity index (χ0n) is 9.84. The lowest BCUT2D eigenvalue weighted by Gasteiger charge is -2.34. The van der Waals surface area contributed by atoms with Gasteiger partial charge in [-0.1, -0.05) is 19.1 Å². The van der Waals surface area contributed by atoms with Crippen LogP contribution in [0.25, 0.3) is 0 Å². The number of hydrogen-bond donors (Lipinski definition) is 2. The molecule has 0 bridgehead atoms. The van der Waals surface area contributed by atoms with Gasteiger partial charge in [0, 0.05) is 13.1 Å². The van der Waals surface area contributed by atoms with Gasteiger partial charge in [-0.3, -0.25) is 4.79 Å². The molecule has 1 heterocycles. The van der Waals surface area contributed by atoms with Crippen molar-refractivity contribution in [3.63, 3.8) is 0 Å². The average molecular weight is 235 g/mol. The Morgan fingerprint density at radius 2 is 2.12 bits per heavy atom. The van der Waals surface area contributed by atoms with Gasteiger partial charge < -0.3 is 15.1 Å². The van der Waals surface area contributed by atoms with Crippen LogP contribution in [0.2, 0.25) is 0 Å². The molecule has 1 saturated heterocycles. The summed E-state index contributed by atoms with van der Waals surface area (Å²) in [5.41, 5.74) is 0.300. The maximum Gasteiger partial charge on any atom is 0.257 e. The van der Waals surface area contributed by atoms with E-state index in [-0.39, 0.29) is 17.6 Å². The van der Waals surface area contributed by atoms with Gasteiger partial charge >= 0.3 is 0 Å². The van der Waals surface area contributed by atoms with Gasteiger partial charge in [0.15, 0.2) is 0 Å². The van der Waals surface area contributed by atoms with Crippen molar-refractivity contribution < 1.29 is 15.0 Å². The maximum atomic E-state index is 12.1. The van der Waals surface area contributed by atoms with E-state index < -0.39 is 6.10 Å². The minimum absolute atomic E-state index is 0.00869. The molecule has 1 amide bonds. The summed E-state index contributed by atoms with van der Waals surface area (Å²) < 4.78 is 0. The number of aromatic hydroxyl groups is 1. The number of amides is 1. The van der Waals surface area contributed by atoms with E-state index >= 15 is 0 Å². The van der Waals surface area contributed by atoms with Gasteiger partial charge in [0.2, 0.25) is 0 Å². The van der Waals surface area contributed by atoms with E-state index in [0.29, 0.717) is 18.7 Å². The number of aliphatic hydroxyl groups excluding tert-OH is 1. The van der Waals surface area contributed by atoms with Gasteiger partial charge in [-0.25, -0.2) is 0 Å². The van der Waals surface area contributed by atoms with Gasteiger partial charge in [0.05, 0.1) is 11.7 Å². The normalized spacial score (nSPS) is 24.7. The summed E-state index contributed by atoms with van der Waals surface area (Å²) in [4.78, 5) is 13.7. The van der Waals surface area contributed by atoms with Crippen molar-refractivity contribution in [3.05, 3.63) is 29.8 Å². The van der Waals surface area contributed by atoms with E-state index in [1.807, 2.05) is 6.92 Å². The molecule has 0 saturated carbocycles. The largest absolute Gasteiger partial charge is 0.507 e. The van der Waals surface area contributed by atoms with Crippen LogP contribution in [0.3, 0.4) is 0 Å². The lowest BCUT2D eigenvalue weighted by molar-refractivity contribution is 0.0247. The highest BCUT2D eigenvalue weighted by atomic mass is 16.3. The molecule has 4 nitrogen and oxygen atoms in total. The number of carbonyl (C=O) groups is 1. The smallest absolute Gasteiger partial charge is 0.257 e. The van der Waals surface area contributed by atoms with Crippen molar-refractivity contribution in [2.75, 3.05) is 13.1 Å². The summed E-state index contributed by atoms with van der Waals surface area (Å²) in [5.74, 6) is 0.00285. The fraction of sp³-hybridized carbons (Fsp3) is 0.462. The quantitative estimate of drug-likeness (QED) is 0.769. The second-order valence-corrected chi connectivity index (χ2v) is 4.60. The van der Waals surface area contributed by atoms with Crippen LogP contribution in [-0.2, 0) is 0 Å². The molecule has 0 aliphatic carbocycles.